The number of aromatic amines is 1. The number of benzene rings is 1. The number of aromatic nitrogens is 2. The number of methoxy groups -OCH3 is 1. The second-order valence-electron chi connectivity index (χ2n) is 3.70. The maximum atomic E-state index is 5.71. The molecule has 1 heterocycles. The van der Waals surface area contributed by atoms with Gasteiger partial charge in [0.05, 0.1) is 17.6 Å². The molecule has 16 heavy (non-hydrogen) atoms. The quantitative estimate of drug-likeness (QED) is 0.632. The molecule has 1 unspecified atom stereocenters. The van der Waals surface area contributed by atoms with Crippen molar-refractivity contribution in [1.29, 1.82) is 0 Å². The van der Waals surface area contributed by atoms with Crippen LogP contribution in [0.25, 0.3) is 11.0 Å². The van der Waals surface area contributed by atoms with E-state index in [0.29, 0.717) is 11.9 Å². The predicted octanol–water partition coefficient (Wildman–Crippen LogP) is 2.27. The highest BCUT2D eigenvalue weighted by atomic mass is 32.2. The van der Waals surface area contributed by atoms with Crippen LogP contribution in [-0.4, -0.2) is 28.9 Å². The van der Waals surface area contributed by atoms with E-state index in [1.54, 1.807) is 18.9 Å². The molecule has 2 rings (SSSR count). The summed E-state index contributed by atoms with van der Waals surface area (Å²) in [6, 6.07) is 5.68. The number of imidazole rings is 1. The zero-order valence-electron chi connectivity index (χ0n) is 9.36. The van der Waals surface area contributed by atoms with Gasteiger partial charge in [0.1, 0.15) is 0 Å². The molecule has 1 aromatic heterocycles. The molecule has 4 nitrogen and oxygen atoms in total. The number of nitrogens with two attached hydrogens (primary N) is 1. The number of H-pyrrole nitrogens is 1. The number of thioether (sulfide) groups is 1. The van der Waals surface area contributed by atoms with Crippen LogP contribution >= 0.6 is 11.8 Å². The molecule has 0 saturated heterocycles. The average molecular weight is 237 g/mol. The summed E-state index contributed by atoms with van der Waals surface area (Å²) in [4.78, 5) is 7.71. The number of hydrogen-bond donors (Lipinski definition) is 2. The summed E-state index contributed by atoms with van der Waals surface area (Å²) < 4.78 is 5.09. The fourth-order valence-corrected chi connectivity index (χ4v) is 2.42. The van der Waals surface area contributed by atoms with Crippen molar-refractivity contribution in [2.45, 2.75) is 17.3 Å². The van der Waals surface area contributed by atoms with Crippen molar-refractivity contribution in [3.05, 3.63) is 18.2 Å². The van der Waals surface area contributed by atoms with Gasteiger partial charge >= 0.3 is 0 Å². The third kappa shape index (κ3) is 2.48. The average Bonchev–Trinajstić information content (AvgIpc) is 2.59. The first-order valence-electron chi connectivity index (χ1n) is 5.10. The molecule has 0 aliphatic rings. The Morgan fingerprint density at radius 3 is 3.12 bits per heavy atom. The molecule has 1 atom stereocenters. The Morgan fingerprint density at radius 2 is 2.38 bits per heavy atom. The number of fused-ring (bicyclic) bond motifs is 1. The molecular weight excluding hydrogens is 222 g/mol. The normalized spacial score (nSPS) is 13.1. The monoisotopic (exact) mass is 237 g/mol. The van der Waals surface area contributed by atoms with Crippen LogP contribution in [-0.2, 0) is 4.74 Å². The highest BCUT2D eigenvalue weighted by molar-refractivity contribution is 7.99. The molecule has 3 N–H and O–H groups in total. The summed E-state index contributed by atoms with van der Waals surface area (Å²) in [5.41, 5.74) is 8.38. The van der Waals surface area contributed by atoms with Gasteiger partial charge in [-0.05, 0) is 18.2 Å². The van der Waals surface area contributed by atoms with Gasteiger partial charge in [0.15, 0.2) is 5.16 Å². The lowest BCUT2D eigenvalue weighted by atomic mass is 10.3. The molecule has 1 aromatic carbocycles. The molecule has 2 aromatic rings. The molecule has 0 amide bonds. The van der Waals surface area contributed by atoms with Crippen LogP contribution in [0.3, 0.4) is 0 Å². The maximum absolute atomic E-state index is 5.71. The third-order valence-electron chi connectivity index (χ3n) is 2.20. The number of ether oxygens (including phenoxy) is 1. The Kier molecular flexibility index (Phi) is 3.36. The van der Waals surface area contributed by atoms with E-state index < -0.39 is 0 Å². The van der Waals surface area contributed by atoms with Crippen molar-refractivity contribution in [2.75, 3.05) is 19.5 Å². The Labute approximate surface area is 98.6 Å². The largest absolute Gasteiger partial charge is 0.399 e. The van der Waals surface area contributed by atoms with E-state index in [1.165, 1.54) is 0 Å². The smallest absolute Gasteiger partial charge is 0.166 e. The van der Waals surface area contributed by atoms with Crippen molar-refractivity contribution in [3.8, 4) is 0 Å². The van der Waals surface area contributed by atoms with Crippen molar-refractivity contribution < 1.29 is 4.74 Å². The van der Waals surface area contributed by atoms with E-state index in [9.17, 15) is 0 Å². The van der Waals surface area contributed by atoms with Crippen LogP contribution in [0.5, 0.6) is 0 Å². The van der Waals surface area contributed by atoms with Gasteiger partial charge in [0, 0.05) is 18.0 Å². The highest BCUT2D eigenvalue weighted by Gasteiger charge is 2.08. The molecule has 0 saturated carbocycles. The first-order chi connectivity index (χ1) is 7.69. The first kappa shape index (κ1) is 11.3. The summed E-state index contributed by atoms with van der Waals surface area (Å²) in [5, 5.41) is 1.29. The summed E-state index contributed by atoms with van der Waals surface area (Å²) in [6.07, 6.45) is 0. The Balaban J connectivity index is 2.19. The van der Waals surface area contributed by atoms with Crippen molar-refractivity contribution in [3.63, 3.8) is 0 Å². The molecule has 86 valence electrons. The van der Waals surface area contributed by atoms with Crippen molar-refractivity contribution in [2.24, 2.45) is 0 Å². The molecular formula is C11H15N3OS. The summed E-state index contributed by atoms with van der Waals surface area (Å²) in [6.45, 7) is 2.82. The lowest BCUT2D eigenvalue weighted by molar-refractivity contribution is 0.203. The second kappa shape index (κ2) is 4.76. The van der Waals surface area contributed by atoms with Gasteiger partial charge in [-0.25, -0.2) is 4.98 Å². The molecule has 0 fully saturated rings. The van der Waals surface area contributed by atoms with Crippen LogP contribution in [0, 0.1) is 0 Å². The van der Waals surface area contributed by atoms with Gasteiger partial charge in [-0.1, -0.05) is 18.7 Å². The van der Waals surface area contributed by atoms with Gasteiger partial charge < -0.3 is 15.5 Å². The topological polar surface area (TPSA) is 63.9 Å². The van der Waals surface area contributed by atoms with E-state index in [2.05, 4.69) is 16.9 Å². The number of hydrogen-bond acceptors (Lipinski definition) is 4. The van der Waals surface area contributed by atoms with E-state index in [4.69, 9.17) is 10.5 Å². The minimum Gasteiger partial charge on any atom is -0.399 e. The minimum atomic E-state index is 0.378. The van der Waals surface area contributed by atoms with Gasteiger partial charge in [-0.3, -0.25) is 0 Å². The predicted molar refractivity (Wildman–Crippen MR) is 67.7 cm³/mol. The lowest BCUT2D eigenvalue weighted by Gasteiger charge is -2.06. The van der Waals surface area contributed by atoms with Crippen LogP contribution in [0.15, 0.2) is 23.4 Å². The van der Waals surface area contributed by atoms with Crippen LogP contribution in [0.4, 0.5) is 5.69 Å². The minimum absolute atomic E-state index is 0.378. The Hall–Kier alpha value is -1.20. The number of rotatable bonds is 4. The van der Waals surface area contributed by atoms with E-state index in [0.717, 1.165) is 21.9 Å². The SMILES string of the molecule is COCC(C)Sc1nc2ccc(N)cc2[nH]1. The highest BCUT2D eigenvalue weighted by Crippen LogP contribution is 2.24. The molecule has 0 spiro atoms. The zero-order chi connectivity index (χ0) is 11.5. The number of anilines is 1. The van der Waals surface area contributed by atoms with E-state index in [1.807, 2.05) is 18.2 Å². The number of nitrogens with one attached hydrogen (secondary N) is 1. The van der Waals surface area contributed by atoms with Gasteiger partial charge in [0.25, 0.3) is 0 Å². The van der Waals surface area contributed by atoms with Crippen LogP contribution in [0.1, 0.15) is 6.92 Å². The number of nitrogen functional groups attached to an aromatic ring is 1. The molecule has 0 aliphatic heterocycles. The standard InChI is InChI=1S/C11H15N3OS/c1-7(6-15-2)16-11-13-9-4-3-8(12)5-10(9)14-11/h3-5,7H,6,12H2,1-2H3,(H,13,14). The van der Waals surface area contributed by atoms with Crippen molar-refractivity contribution in [1.82, 2.24) is 9.97 Å². The fraction of sp³-hybridized carbons (Fsp3) is 0.364. The zero-order valence-corrected chi connectivity index (χ0v) is 10.2. The molecule has 5 heteroatoms. The molecule has 0 aliphatic carbocycles. The second-order valence-corrected chi connectivity index (χ2v) is 5.13. The van der Waals surface area contributed by atoms with E-state index in [-0.39, 0.29) is 0 Å². The summed E-state index contributed by atoms with van der Waals surface area (Å²) in [7, 11) is 1.70. The first-order valence-corrected chi connectivity index (χ1v) is 5.98. The summed E-state index contributed by atoms with van der Waals surface area (Å²) >= 11 is 1.67. The third-order valence-corrected chi connectivity index (χ3v) is 3.15. The van der Waals surface area contributed by atoms with Crippen molar-refractivity contribution >= 4 is 28.5 Å². The molecule has 0 bridgehead atoms. The van der Waals surface area contributed by atoms with E-state index >= 15 is 0 Å². The summed E-state index contributed by atoms with van der Waals surface area (Å²) in [5.74, 6) is 0. The Bertz CT molecular complexity index is 483. The lowest BCUT2D eigenvalue weighted by Crippen LogP contribution is -2.05. The van der Waals surface area contributed by atoms with Crippen LogP contribution < -0.4 is 5.73 Å². The fourth-order valence-electron chi connectivity index (χ4n) is 1.52. The van der Waals surface area contributed by atoms with Gasteiger partial charge in [-0.2, -0.15) is 0 Å². The van der Waals surface area contributed by atoms with Crippen LogP contribution in [0.2, 0.25) is 0 Å². The molecule has 0 radical (unpaired) electrons. The Morgan fingerprint density at radius 1 is 1.56 bits per heavy atom. The maximum Gasteiger partial charge on any atom is 0.166 e. The number of nitrogens with zero attached hydrogens (tertiary/aromatic N) is 1. The van der Waals surface area contributed by atoms with Gasteiger partial charge in [0.2, 0.25) is 0 Å². The van der Waals surface area contributed by atoms with Gasteiger partial charge in [-0.15, -0.1) is 0 Å².